The fourth-order valence-corrected chi connectivity index (χ4v) is 0. The Balaban J connectivity index is 0. The first-order valence-electron chi connectivity index (χ1n) is 0. The summed E-state index contributed by atoms with van der Waals surface area (Å²) in [5.41, 5.74) is 0. The van der Waals surface area contributed by atoms with Gasteiger partial charge in [-0.15, -0.1) is 37.2 Å². The molecular weight excluding hydrogens is 313 g/mol. The minimum Gasteiger partial charge on any atom is -0.412 e. The molecule has 0 unspecified atom stereocenters. The van der Waals surface area contributed by atoms with E-state index in [9.17, 15) is 0 Å². The van der Waals surface area contributed by atoms with E-state index in [1.165, 1.54) is 0 Å². The molecule has 40 valence electrons. The summed E-state index contributed by atoms with van der Waals surface area (Å²) in [5, 5.41) is 0. The van der Waals surface area contributed by atoms with Crippen molar-refractivity contribution in [3.05, 3.63) is 0 Å². The molecular formula is H5Cl3OOs. The van der Waals surface area contributed by atoms with Crippen LogP contribution in [0.25, 0.3) is 0 Å². The Morgan fingerprint density at radius 2 is 0.600 bits per heavy atom. The molecule has 5 heavy (non-hydrogen) atoms. The molecule has 0 heterocycles. The molecule has 1 nitrogen and oxygen atoms in total. The standard InChI is InChI=1S/3ClH.H2O.Os/h3*1H;1H2;. The SMILES string of the molecule is Cl.Cl.Cl.O.[Os]. The van der Waals surface area contributed by atoms with Gasteiger partial charge in [0, 0.05) is 19.8 Å². The van der Waals surface area contributed by atoms with Crippen LogP contribution in [0.3, 0.4) is 0 Å². The van der Waals surface area contributed by atoms with Crippen LogP contribution >= 0.6 is 37.2 Å². The quantitative estimate of drug-likeness (QED) is 0.621. The van der Waals surface area contributed by atoms with Gasteiger partial charge in [0.05, 0.1) is 0 Å². The van der Waals surface area contributed by atoms with E-state index in [4.69, 9.17) is 0 Å². The Bertz CT molecular complexity index is 6.85. The van der Waals surface area contributed by atoms with Gasteiger partial charge in [0.25, 0.3) is 0 Å². The normalized spacial score (nSPS) is 0. The molecule has 0 aromatic rings. The molecule has 0 aromatic heterocycles. The largest absolute Gasteiger partial charge is 0.412 e. The van der Waals surface area contributed by atoms with Gasteiger partial charge >= 0.3 is 0 Å². The average Bonchev–Trinajstić information content (AvgIpc) is 0. The summed E-state index contributed by atoms with van der Waals surface area (Å²) in [5.74, 6) is 0. The smallest absolute Gasteiger partial charge is 0 e. The van der Waals surface area contributed by atoms with Gasteiger partial charge in [-0.25, -0.2) is 0 Å². The molecule has 0 radical (unpaired) electrons. The van der Waals surface area contributed by atoms with Crippen molar-refractivity contribution < 1.29 is 25.3 Å². The van der Waals surface area contributed by atoms with Gasteiger partial charge in [-0.2, -0.15) is 0 Å². The van der Waals surface area contributed by atoms with Crippen LogP contribution in [0.2, 0.25) is 0 Å². The summed E-state index contributed by atoms with van der Waals surface area (Å²) >= 11 is 0. The van der Waals surface area contributed by atoms with E-state index in [-0.39, 0.29) is 62.5 Å². The second-order valence-corrected chi connectivity index (χ2v) is 0. The summed E-state index contributed by atoms with van der Waals surface area (Å²) in [6.45, 7) is 0. The molecule has 2 N–H and O–H groups in total. The zero-order valence-corrected chi connectivity index (χ0v) is 7.07. The van der Waals surface area contributed by atoms with Crippen molar-refractivity contribution in [2.24, 2.45) is 0 Å². The van der Waals surface area contributed by atoms with Crippen LogP contribution in [0.15, 0.2) is 0 Å². The van der Waals surface area contributed by atoms with Crippen molar-refractivity contribution >= 4 is 37.2 Å². The minimum absolute atomic E-state index is 0. The summed E-state index contributed by atoms with van der Waals surface area (Å²) in [4.78, 5) is 0. The summed E-state index contributed by atoms with van der Waals surface area (Å²) in [6.07, 6.45) is 0. The maximum absolute atomic E-state index is 0. The fraction of sp³-hybridized carbons (Fsp3) is 0. The van der Waals surface area contributed by atoms with Gasteiger partial charge in [0.15, 0.2) is 0 Å². The molecule has 5 heteroatoms. The molecule has 0 aromatic carbocycles. The Kier molecular flexibility index (Phi) is 911. The predicted molar refractivity (Wildman–Crippen MR) is 25.4 cm³/mol. The first-order valence-corrected chi connectivity index (χ1v) is 0. The average molecular weight is 318 g/mol. The molecule has 0 amide bonds. The minimum atomic E-state index is 0. The van der Waals surface area contributed by atoms with E-state index in [0.717, 1.165) is 0 Å². The van der Waals surface area contributed by atoms with E-state index in [2.05, 4.69) is 0 Å². The molecule has 0 rings (SSSR count). The van der Waals surface area contributed by atoms with Crippen LogP contribution in [0.4, 0.5) is 0 Å². The van der Waals surface area contributed by atoms with E-state index in [1.54, 1.807) is 0 Å². The van der Waals surface area contributed by atoms with Gasteiger partial charge in [-0.3, -0.25) is 0 Å². The molecule has 0 saturated carbocycles. The molecule has 0 bridgehead atoms. The second kappa shape index (κ2) is 50.7. The van der Waals surface area contributed by atoms with Gasteiger partial charge in [-0.1, -0.05) is 0 Å². The Hall–Kier alpha value is 1.47. The maximum atomic E-state index is 0. The van der Waals surface area contributed by atoms with Crippen molar-refractivity contribution in [3.8, 4) is 0 Å². The second-order valence-electron chi connectivity index (χ2n) is 0. The predicted octanol–water partition coefficient (Wildman–Crippen LogP) is 0.438. The maximum Gasteiger partial charge on any atom is 0 e. The Morgan fingerprint density at radius 3 is 0.600 bits per heavy atom. The van der Waals surface area contributed by atoms with Crippen LogP contribution in [0.1, 0.15) is 0 Å². The van der Waals surface area contributed by atoms with Gasteiger partial charge in [0.2, 0.25) is 0 Å². The van der Waals surface area contributed by atoms with Crippen molar-refractivity contribution in [2.45, 2.75) is 0 Å². The molecule has 0 atom stereocenters. The van der Waals surface area contributed by atoms with E-state index in [0.29, 0.717) is 0 Å². The van der Waals surface area contributed by atoms with Crippen LogP contribution in [0, 0.1) is 0 Å². The number of halogens is 3. The van der Waals surface area contributed by atoms with Gasteiger partial charge < -0.3 is 5.48 Å². The van der Waals surface area contributed by atoms with Crippen molar-refractivity contribution in [3.63, 3.8) is 0 Å². The van der Waals surface area contributed by atoms with Crippen LogP contribution in [-0.2, 0) is 19.8 Å². The molecule has 0 spiro atoms. The molecule has 0 fully saturated rings. The van der Waals surface area contributed by atoms with E-state index in [1.807, 2.05) is 0 Å². The first-order chi connectivity index (χ1) is 0. The van der Waals surface area contributed by atoms with Gasteiger partial charge in [-0.05, 0) is 0 Å². The van der Waals surface area contributed by atoms with Crippen molar-refractivity contribution in [2.75, 3.05) is 0 Å². The number of rotatable bonds is 0. The third kappa shape index (κ3) is 30.5. The number of hydrogen-bond acceptors (Lipinski definition) is 0. The topological polar surface area (TPSA) is 31.5 Å². The summed E-state index contributed by atoms with van der Waals surface area (Å²) < 4.78 is 0. The Labute approximate surface area is 62.5 Å². The fourth-order valence-electron chi connectivity index (χ4n) is 0. The zero-order chi connectivity index (χ0) is 0. The van der Waals surface area contributed by atoms with Crippen LogP contribution in [0.5, 0.6) is 0 Å². The third-order valence-corrected chi connectivity index (χ3v) is 0. The summed E-state index contributed by atoms with van der Waals surface area (Å²) in [7, 11) is 0. The van der Waals surface area contributed by atoms with E-state index >= 15 is 0 Å². The van der Waals surface area contributed by atoms with Crippen LogP contribution < -0.4 is 0 Å². The summed E-state index contributed by atoms with van der Waals surface area (Å²) in [6, 6.07) is 0. The molecule has 0 saturated heterocycles. The Morgan fingerprint density at radius 1 is 0.600 bits per heavy atom. The van der Waals surface area contributed by atoms with Crippen LogP contribution in [-0.4, -0.2) is 5.48 Å². The zero-order valence-electron chi connectivity index (χ0n) is 2.08. The van der Waals surface area contributed by atoms with Crippen molar-refractivity contribution in [1.82, 2.24) is 0 Å². The molecule has 0 aliphatic carbocycles. The third-order valence-electron chi connectivity index (χ3n) is 0. The van der Waals surface area contributed by atoms with Crippen molar-refractivity contribution in [1.29, 1.82) is 0 Å². The first kappa shape index (κ1) is 89.9. The monoisotopic (exact) mass is 318 g/mol. The molecule has 0 aliphatic heterocycles. The number of hydrogen-bond donors (Lipinski definition) is 0. The van der Waals surface area contributed by atoms with E-state index < -0.39 is 0 Å². The van der Waals surface area contributed by atoms with Gasteiger partial charge in [0.1, 0.15) is 0 Å². The molecule has 0 aliphatic rings.